The number of halogens is 2. The highest BCUT2D eigenvalue weighted by molar-refractivity contribution is 5.98. The number of carbonyl (C=O) groups is 2. The van der Waals surface area contributed by atoms with Crippen LogP contribution < -0.4 is 0 Å². The Balaban J connectivity index is 1.96. The van der Waals surface area contributed by atoms with Crippen LogP contribution in [-0.4, -0.2) is 36.5 Å². The van der Waals surface area contributed by atoms with Crippen molar-refractivity contribution in [2.75, 3.05) is 13.7 Å². The van der Waals surface area contributed by atoms with Gasteiger partial charge in [-0.05, 0) is 18.2 Å². The number of hydrogen-bond donors (Lipinski definition) is 0. The van der Waals surface area contributed by atoms with Crippen LogP contribution in [0.2, 0.25) is 0 Å². The first-order chi connectivity index (χ1) is 10.5. The first-order valence-electron chi connectivity index (χ1n) is 6.68. The van der Waals surface area contributed by atoms with Crippen LogP contribution in [-0.2, 0) is 9.47 Å². The van der Waals surface area contributed by atoms with E-state index >= 15 is 0 Å². The molecule has 0 aromatic heterocycles. The molecule has 2 heterocycles. The molecule has 2 bridgehead atoms. The number of methoxy groups -OCH3 is 1. The van der Waals surface area contributed by atoms with Crippen LogP contribution >= 0.6 is 0 Å². The Labute approximate surface area is 125 Å². The van der Waals surface area contributed by atoms with Crippen LogP contribution in [0.25, 0.3) is 0 Å². The van der Waals surface area contributed by atoms with Crippen molar-refractivity contribution in [3.8, 4) is 0 Å². The minimum atomic E-state index is -2.87. The Bertz CT molecular complexity index is 672. The quantitative estimate of drug-likeness (QED) is 0.805. The summed E-state index contributed by atoms with van der Waals surface area (Å²) in [6.07, 6.45) is -0.720. The summed E-state index contributed by atoms with van der Waals surface area (Å²) >= 11 is 0. The lowest BCUT2D eigenvalue weighted by atomic mass is 10.0. The number of amides is 1. The van der Waals surface area contributed by atoms with Gasteiger partial charge in [0.25, 0.3) is 12.3 Å². The third kappa shape index (κ3) is 2.32. The van der Waals surface area contributed by atoms with E-state index in [1.165, 1.54) is 17.0 Å². The number of nitrogens with zero attached hydrogens (tertiary/aromatic N) is 1. The molecule has 5 nitrogen and oxygen atoms in total. The summed E-state index contributed by atoms with van der Waals surface area (Å²) in [5.41, 5.74) is -0.610. The molecule has 1 aromatic carbocycles. The third-order valence-corrected chi connectivity index (χ3v) is 3.75. The molecule has 0 radical (unpaired) electrons. The molecule has 7 heteroatoms. The van der Waals surface area contributed by atoms with Gasteiger partial charge in [-0.25, -0.2) is 13.6 Å². The molecular weight excluding hydrogens is 296 g/mol. The molecule has 2 aliphatic rings. The van der Waals surface area contributed by atoms with E-state index in [1.807, 2.05) is 0 Å². The second kappa shape index (κ2) is 5.40. The smallest absolute Gasteiger partial charge is 0.337 e. The molecule has 116 valence electrons. The number of carbonyl (C=O) groups excluding carboxylic acids is 2. The van der Waals surface area contributed by atoms with E-state index < -0.39 is 23.9 Å². The minimum Gasteiger partial charge on any atom is -0.494 e. The molecular formula is C15H13F2NO4. The van der Waals surface area contributed by atoms with Gasteiger partial charge in [0.05, 0.1) is 18.7 Å². The van der Waals surface area contributed by atoms with Gasteiger partial charge in [0, 0.05) is 23.7 Å². The van der Waals surface area contributed by atoms with E-state index in [9.17, 15) is 18.4 Å². The van der Waals surface area contributed by atoms with Crippen molar-refractivity contribution in [1.29, 1.82) is 0 Å². The minimum absolute atomic E-state index is 0.0148. The lowest BCUT2D eigenvalue weighted by Gasteiger charge is -2.24. The molecule has 2 aliphatic heterocycles. The average Bonchev–Trinajstić information content (AvgIpc) is 3.15. The fourth-order valence-electron chi connectivity index (χ4n) is 2.63. The highest BCUT2D eigenvalue weighted by atomic mass is 19.3. The van der Waals surface area contributed by atoms with Crippen molar-refractivity contribution in [2.45, 2.75) is 18.9 Å². The van der Waals surface area contributed by atoms with Gasteiger partial charge in [0.15, 0.2) is 0 Å². The van der Waals surface area contributed by atoms with Crippen molar-refractivity contribution in [3.63, 3.8) is 0 Å². The molecule has 1 unspecified atom stereocenters. The van der Waals surface area contributed by atoms with Crippen LogP contribution in [0.1, 0.15) is 39.1 Å². The number of hydrogen-bond acceptors (Lipinski definition) is 4. The van der Waals surface area contributed by atoms with E-state index in [2.05, 4.69) is 4.74 Å². The summed E-state index contributed by atoms with van der Waals surface area (Å²) in [5, 5.41) is 0. The SMILES string of the molecule is COC(=O)c1ccc(C(=O)N2C=C3CC2CO3)c(C(F)F)c1. The number of benzene rings is 1. The molecule has 0 saturated carbocycles. The highest BCUT2D eigenvalue weighted by Gasteiger charge is 2.37. The van der Waals surface area contributed by atoms with E-state index in [0.717, 1.165) is 13.2 Å². The molecule has 0 aliphatic carbocycles. The van der Waals surface area contributed by atoms with Crippen LogP contribution in [0.3, 0.4) is 0 Å². The van der Waals surface area contributed by atoms with Gasteiger partial charge in [0.1, 0.15) is 12.4 Å². The predicted molar refractivity (Wildman–Crippen MR) is 71.3 cm³/mol. The van der Waals surface area contributed by atoms with Gasteiger partial charge < -0.3 is 14.4 Å². The summed E-state index contributed by atoms with van der Waals surface area (Å²) < 4.78 is 36.3. The van der Waals surface area contributed by atoms with Gasteiger partial charge >= 0.3 is 5.97 Å². The summed E-state index contributed by atoms with van der Waals surface area (Å²) in [4.78, 5) is 25.3. The Hall–Kier alpha value is -2.44. The van der Waals surface area contributed by atoms with Crippen molar-refractivity contribution in [3.05, 3.63) is 46.8 Å². The molecule has 1 saturated heterocycles. The molecule has 1 amide bonds. The Kier molecular flexibility index (Phi) is 3.56. The Morgan fingerprint density at radius 1 is 1.41 bits per heavy atom. The number of esters is 1. The lowest BCUT2D eigenvalue weighted by Crippen LogP contribution is -2.36. The number of rotatable bonds is 3. The maximum Gasteiger partial charge on any atom is 0.337 e. The fourth-order valence-corrected chi connectivity index (χ4v) is 2.63. The summed E-state index contributed by atoms with van der Waals surface area (Å²) in [6.45, 7) is 0.377. The summed E-state index contributed by atoms with van der Waals surface area (Å²) in [6, 6.07) is 3.40. The fraction of sp³-hybridized carbons (Fsp3) is 0.333. The van der Waals surface area contributed by atoms with E-state index in [-0.39, 0.29) is 17.2 Å². The molecule has 22 heavy (non-hydrogen) atoms. The van der Waals surface area contributed by atoms with Crippen LogP contribution in [0, 0.1) is 0 Å². The van der Waals surface area contributed by atoms with Crippen molar-refractivity contribution < 1.29 is 27.8 Å². The molecule has 1 atom stereocenters. The van der Waals surface area contributed by atoms with Gasteiger partial charge in [-0.15, -0.1) is 0 Å². The molecule has 1 fully saturated rings. The molecule has 3 rings (SSSR count). The van der Waals surface area contributed by atoms with Gasteiger partial charge in [0.2, 0.25) is 0 Å². The molecule has 0 spiro atoms. The van der Waals surface area contributed by atoms with Gasteiger partial charge in [-0.1, -0.05) is 0 Å². The number of alkyl halides is 2. The first kappa shape index (κ1) is 14.5. The largest absolute Gasteiger partial charge is 0.494 e. The maximum absolute atomic E-state index is 13.2. The average molecular weight is 309 g/mol. The zero-order valence-corrected chi connectivity index (χ0v) is 11.7. The van der Waals surface area contributed by atoms with Crippen LogP contribution in [0.4, 0.5) is 8.78 Å². The van der Waals surface area contributed by atoms with Crippen molar-refractivity contribution in [1.82, 2.24) is 4.90 Å². The Morgan fingerprint density at radius 3 is 2.73 bits per heavy atom. The topological polar surface area (TPSA) is 55.8 Å². The molecule has 1 aromatic rings. The second-order valence-electron chi connectivity index (χ2n) is 5.07. The van der Waals surface area contributed by atoms with Crippen LogP contribution in [0.15, 0.2) is 30.2 Å². The standard InChI is InChI=1S/C15H13F2NO4/c1-21-15(20)8-2-3-11(12(4-8)13(16)17)14(19)18-6-10-5-9(18)7-22-10/h2-4,6,9,13H,5,7H2,1H3. The number of fused-ring (bicyclic) bond motifs is 2. The van der Waals surface area contributed by atoms with Crippen molar-refractivity contribution in [2.24, 2.45) is 0 Å². The monoisotopic (exact) mass is 309 g/mol. The summed E-state index contributed by atoms with van der Waals surface area (Å²) in [7, 11) is 1.16. The van der Waals surface area contributed by atoms with E-state index in [4.69, 9.17) is 4.74 Å². The second-order valence-corrected chi connectivity index (χ2v) is 5.07. The van der Waals surface area contributed by atoms with Gasteiger partial charge in [-0.3, -0.25) is 4.79 Å². The highest BCUT2D eigenvalue weighted by Crippen LogP contribution is 2.33. The molecule has 0 N–H and O–H groups in total. The Morgan fingerprint density at radius 2 is 2.18 bits per heavy atom. The zero-order valence-electron chi connectivity index (χ0n) is 11.7. The predicted octanol–water partition coefficient (Wildman–Crippen LogP) is 2.50. The summed E-state index contributed by atoms with van der Waals surface area (Å²) in [5.74, 6) is -0.560. The van der Waals surface area contributed by atoms with Crippen molar-refractivity contribution >= 4 is 11.9 Å². The van der Waals surface area contributed by atoms with E-state index in [1.54, 1.807) is 6.20 Å². The zero-order chi connectivity index (χ0) is 15.9. The van der Waals surface area contributed by atoms with E-state index in [0.29, 0.717) is 18.8 Å². The lowest BCUT2D eigenvalue weighted by molar-refractivity contribution is 0.0598. The number of ether oxygens (including phenoxy) is 2. The van der Waals surface area contributed by atoms with Gasteiger partial charge in [-0.2, -0.15) is 0 Å². The first-order valence-corrected chi connectivity index (χ1v) is 6.68. The normalized spacial score (nSPS) is 19.2. The maximum atomic E-state index is 13.2. The van der Waals surface area contributed by atoms with Crippen LogP contribution in [0.5, 0.6) is 0 Å². The third-order valence-electron chi connectivity index (χ3n) is 3.75.